The predicted molar refractivity (Wildman–Crippen MR) is 97.6 cm³/mol. The summed E-state index contributed by atoms with van der Waals surface area (Å²) in [6, 6.07) is 20.3. The highest BCUT2D eigenvalue weighted by molar-refractivity contribution is 6.21. The molecule has 2 fully saturated rings. The van der Waals surface area contributed by atoms with Crippen molar-refractivity contribution in [1.82, 2.24) is 0 Å². The first-order valence-corrected chi connectivity index (χ1v) is 9.35. The van der Waals surface area contributed by atoms with Crippen LogP contribution in [0.3, 0.4) is 0 Å². The normalized spacial score (nSPS) is 31.2. The number of hydrogen-bond donors (Lipinski definition) is 0. The zero-order chi connectivity index (χ0) is 17.1. The molecule has 0 radical (unpaired) electrons. The monoisotopic (exact) mass is 358 g/mol. The molecule has 0 saturated carbocycles. The Hall–Kier alpha value is -1.39. The van der Waals surface area contributed by atoms with Crippen LogP contribution in [-0.4, -0.2) is 29.8 Å². The standard InChI is InChI=1S/C21H23ClO3/c22-19-20(23-13-15-7-3-1-4-8-15)17-11-12-18(25-17)21(19)24-14-16-9-5-2-6-10-16/h1-10,17-21H,11-14H2/t17-,18+,19?,20-,21-/m1/s1. The van der Waals surface area contributed by atoms with E-state index in [1.54, 1.807) is 0 Å². The van der Waals surface area contributed by atoms with Crippen molar-refractivity contribution in [2.45, 2.75) is 55.8 Å². The lowest BCUT2D eigenvalue weighted by Gasteiger charge is -2.39. The summed E-state index contributed by atoms with van der Waals surface area (Å²) in [5.74, 6) is 0. The number of hydrogen-bond acceptors (Lipinski definition) is 3. The second kappa shape index (κ2) is 7.88. The average Bonchev–Trinajstić information content (AvgIpc) is 3.09. The molecule has 0 amide bonds. The largest absolute Gasteiger partial charge is 0.369 e. The predicted octanol–water partition coefficient (Wildman–Crippen LogP) is 4.33. The first-order chi connectivity index (χ1) is 12.3. The third kappa shape index (κ3) is 3.90. The van der Waals surface area contributed by atoms with Crippen LogP contribution in [0, 0.1) is 0 Å². The van der Waals surface area contributed by atoms with Gasteiger partial charge < -0.3 is 14.2 Å². The molecular weight excluding hydrogens is 336 g/mol. The quantitative estimate of drug-likeness (QED) is 0.719. The third-order valence-electron chi connectivity index (χ3n) is 5.02. The van der Waals surface area contributed by atoms with E-state index < -0.39 is 0 Å². The number of fused-ring (bicyclic) bond motifs is 2. The van der Waals surface area contributed by atoms with Crippen molar-refractivity contribution in [2.24, 2.45) is 0 Å². The highest BCUT2D eigenvalue weighted by atomic mass is 35.5. The summed E-state index contributed by atoms with van der Waals surface area (Å²) in [5, 5.41) is -0.196. The number of halogens is 1. The smallest absolute Gasteiger partial charge is 0.103 e. The fraction of sp³-hybridized carbons (Fsp3) is 0.429. The van der Waals surface area contributed by atoms with Crippen LogP contribution in [0.2, 0.25) is 0 Å². The number of alkyl halides is 1. The van der Waals surface area contributed by atoms with E-state index in [4.69, 9.17) is 25.8 Å². The molecular formula is C21H23ClO3. The van der Waals surface area contributed by atoms with Crippen LogP contribution < -0.4 is 0 Å². The van der Waals surface area contributed by atoms with E-state index in [-0.39, 0.29) is 29.8 Å². The molecule has 1 unspecified atom stereocenters. The molecule has 2 bridgehead atoms. The zero-order valence-electron chi connectivity index (χ0n) is 14.1. The minimum absolute atomic E-state index is 0.0767. The minimum atomic E-state index is -0.196. The summed E-state index contributed by atoms with van der Waals surface area (Å²) in [7, 11) is 0. The van der Waals surface area contributed by atoms with Crippen LogP contribution in [0.4, 0.5) is 0 Å². The van der Waals surface area contributed by atoms with E-state index >= 15 is 0 Å². The van der Waals surface area contributed by atoms with E-state index in [1.807, 2.05) is 36.4 Å². The van der Waals surface area contributed by atoms with Crippen molar-refractivity contribution >= 4 is 11.6 Å². The van der Waals surface area contributed by atoms with Gasteiger partial charge in [0.25, 0.3) is 0 Å². The molecule has 2 aliphatic rings. The molecule has 0 N–H and O–H groups in total. The Balaban J connectivity index is 1.40. The molecule has 2 aromatic rings. The van der Waals surface area contributed by atoms with Crippen LogP contribution >= 0.6 is 11.6 Å². The van der Waals surface area contributed by atoms with Crippen molar-refractivity contribution in [2.75, 3.05) is 0 Å². The summed E-state index contributed by atoms with van der Waals surface area (Å²) in [6.45, 7) is 1.09. The van der Waals surface area contributed by atoms with Gasteiger partial charge in [0.2, 0.25) is 0 Å². The molecule has 0 aliphatic carbocycles. The Bertz CT molecular complexity index is 606. The van der Waals surface area contributed by atoms with Crippen molar-refractivity contribution in [1.29, 1.82) is 0 Å². The topological polar surface area (TPSA) is 27.7 Å². The molecule has 2 aliphatic heterocycles. The van der Waals surface area contributed by atoms with Crippen LogP contribution in [-0.2, 0) is 27.4 Å². The molecule has 4 rings (SSSR count). The highest BCUT2D eigenvalue weighted by Crippen LogP contribution is 2.39. The zero-order valence-corrected chi connectivity index (χ0v) is 14.8. The van der Waals surface area contributed by atoms with Gasteiger partial charge in [0.15, 0.2) is 0 Å². The molecule has 3 nitrogen and oxygen atoms in total. The van der Waals surface area contributed by atoms with Gasteiger partial charge in [-0.1, -0.05) is 60.7 Å². The van der Waals surface area contributed by atoms with Gasteiger partial charge in [0, 0.05) is 0 Å². The lowest BCUT2D eigenvalue weighted by Crippen LogP contribution is -2.52. The maximum Gasteiger partial charge on any atom is 0.103 e. The summed E-state index contributed by atoms with van der Waals surface area (Å²) in [4.78, 5) is 0. The van der Waals surface area contributed by atoms with Gasteiger partial charge in [-0.3, -0.25) is 0 Å². The Labute approximate surface area is 153 Å². The fourth-order valence-electron chi connectivity index (χ4n) is 3.70. The van der Waals surface area contributed by atoms with E-state index in [0.29, 0.717) is 13.2 Å². The SMILES string of the molecule is ClC1[C@H](OCc2ccccc2)[C@@H]2CC[C@@H](O2)[C@H]1OCc1ccccc1. The molecule has 2 heterocycles. The van der Waals surface area contributed by atoms with E-state index in [1.165, 1.54) is 0 Å². The highest BCUT2D eigenvalue weighted by Gasteiger charge is 2.50. The second-order valence-corrected chi connectivity index (χ2v) is 7.26. The maximum atomic E-state index is 6.78. The van der Waals surface area contributed by atoms with Gasteiger partial charge in [0.1, 0.15) is 12.2 Å². The molecule has 25 heavy (non-hydrogen) atoms. The molecule has 2 aromatic carbocycles. The lowest BCUT2D eigenvalue weighted by molar-refractivity contribution is -0.169. The van der Waals surface area contributed by atoms with Gasteiger partial charge in [-0.05, 0) is 24.0 Å². The number of benzene rings is 2. The molecule has 5 atom stereocenters. The van der Waals surface area contributed by atoms with Crippen molar-refractivity contribution < 1.29 is 14.2 Å². The Morgan fingerprint density at radius 2 is 1.20 bits per heavy atom. The van der Waals surface area contributed by atoms with Crippen molar-refractivity contribution in [3.05, 3.63) is 71.8 Å². The van der Waals surface area contributed by atoms with Gasteiger partial charge in [0.05, 0.1) is 30.8 Å². The maximum absolute atomic E-state index is 6.78. The Morgan fingerprint density at radius 3 is 1.64 bits per heavy atom. The minimum Gasteiger partial charge on any atom is -0.369 e. The average molecular weight is 359 g/mol. The van der Waals surface area contributed by atoms with Crippen LogP contribution in [0.5, 0.6) is 0 Å². The van der Waals surface area contributed by atoms with E-state index in [0.717, 1.165) is 24.0 Å². The van der Waals surface area contributed by atoms with Crippen LogP contribution in [0.15, 0.2) is 60.7 Å². The van der Waals surface area contributed by atoms with Gasteiger partial charge in [-0.25, -0.2) is 0 Å². The second-order valence-electron chi connectivity index (χ2n) is 6.76. The summed E-state index contributed by atoms with van der Waals surface area (Å²) in [5.41, 5.74) is 2.29. The molecule has 132 valence electrons. The summed E-state index contributed by atoms with van der Waals surface area (Å²) < 4.78 is 18.4. The van der Waals surface area contributed by atoms with E-state index in [2.05, 4.69) is 24.3 Å². The summed E-state index contributed by atoms with van der Waals surface area (Å²) >= 11 is 6.78. The third-order valence-corrected chi connectivity index (χ3v) is 5.51. The van der Waals surface area contributed by atoms with Crippen LogP contribution in [0.25, 0.3) is 0 Å². The first-order valence-electron chi connectivity index (χ1n) is 8.92. The number of rotatable bonds is 6. The van der Waals surface area contributed by atoms with Crippen LogP contribution in [0.1, 0.15) is 24.0 Å². The van der Waals surface area contributed by atoms with Gasteiger partial charge in [-0.2, -0.15) is 0 Å². The lowest BCUT2D eigenvalue weighted by atomic mass is 10.0. The Kier molecular flexibility index (Phi) is 5.37. The summed E-state index contributed by atoms with van der Waals surface area (Å²) in [6.07, 6.45) is 1.85. The fourth-order valence-corrected chi connectivity index (χ4v) is 4.17. The van der Waals surface area contributed by atoms with Gasteiger partial charge in [-0.15, -0.1) is 11.6 Å². The number of ether oxygens (including phenoxy) is 3. The van der Waals surface area contributed by atoms with E-state index in [9.17, 15) is 0 Å². The Morgan fingerprint density at radius 1 is 0.760 bits per heavy atom. The van der Waals surface area contributed by atoms with Gasteiger partial charge >= 0.3 is 0 Å². The first kappa shape index (κ1) is 17.0. The van der Waals surface area contributed by atoms with Crippen molar-refractivity contribution in [3.8, 4) is 0 Å². The molecule has 0 aromatic heterocycles. The molecule has 0 spiro atoms. The molecule has 2 saturated heterocycles. The molecule has 4 heteroatoms. The van der Waals surface area contributed by atoms with Crippen molar-refractivity contribution in [3.63, 3.8) is 0 Å².